The van der Waals surface area contributed by atoms with Gasteiger partial charge in [0, 0.05) is 32.2 Å². The minimum atomic E-state index is -2.03. The molecular weight excluding hydrogens is 1050 g/mol. The molecule has 3 rings (SSSR count). The largest absolute Gasteiger partial charge is 0.508 e. The van der Waals surface area contributed by atoms with Crippen LogP contribution in [0, 0.1) is 11.8 Å². The minimum absolute atomic E-state index is 0.0126. The Balaban J connectivity index is 1.98. The summed E-state index contributed by atoms with van der Waals surface area (Å²) in [7, 11) is 0. The average molecular weight is 1130 g/mol. The predicted molar refractivity (Wildman–Crippen MR) is 284 cm³/mol. The summed E-state index contributed by atoms with van der Waals surface area (Å²) >= 11 is 0. The topological polar surface area (TPSA) is 445 Å². The second kappa shape index (κ2) is 32.0. The monoisotopic (exact) mass is 1120 g/mol. The van der Waals surface area contributed by atoms with E-state index in [1.165, 1.54) is 29.2 Å². The molecule has 27 heteroatoms. The molecule has 0 radical (unpaired) electrons. The standard InChI is InChI=1S/C53H76N10O17/c1-27(2)22-33(54)45(71)56-34(17-19-41(55)66)46(72)58-37(24-31-13-15-32(65)16-14-31)48(74)59-38(26-43(69)70)49(75)57-35(18-20-42(67)68)47(73)61-39(25-30-10-7-6-8-11-30)52(78)63-21-9-12-40(63)51(77)60-36(23-28(3)4)50(76)62-44(29(5)64)53(79)80/h6-8,10-11,13-16,27-29,33-40,44,64-65H,9,12,17-26,54H2,1-5H3,(H2,55,66)(H,56,71)(H,57,75)(H,58,72)(H,59,74)(H,60,77)(H,61,73)(H,62,76)(H,67,68)(H,69,70)(H,79,80)/t29-,33+,34+,35+,36+,37+,38+,39+,40+,44+/m1/s1. The molecule has 1 fully saturated rings. The van der Waals surface area contributed by atoms with Gasteiger partial charge in [-0.1, -0.05) is 70.2 Å². The lowest BCUT2D eigenvalue weighted by Gasteiger charge is -2.31. The van der Waals surface area contributed by atoms with Crippen LogP contribution in [0.4, 0.5) is 0 Å². The molecule has 0 unspecified atom stereocenters. The summed E-state index contributed by atoms with van der Waals surface area (Å²) < 4.78 is 0. The van der Waals surface area contributed by atoms with E-state index >= 15 is 0 Å². The fourth-order valence-corrected chi connectivity index (χ4v) is 8.70. The van der Waals surface area contributed by atoms with Crippen molar-refractivity contribution in [2.75, 3.05) is 6.54 Å². The highest BCUT2D eigenvalue weighted by Crippen LogP contribution is 2.22. The lowest BCUT2D eigenvalue weighted by Crippen LogP contribution is -2.61. The highest BCUT2D eigenvalue weighted by atomic mass is 16.4. The van der Waals surface area contributed by atoms with E-state index < -0.39 is 157 Å². The highest BCUT2D eigenvalue weighted by molar-refractivity contribution is 5.99. The lowest BCUT2D eigenvalue weighted by molar-refractivity contribution is -0.146. The molecule has 0 saturated carbocycles. The molecule has 440 valence electrons. The van der Waals surface area contributed by atoms with Crippen LogP contribution in [0.2, 0.25) is 0 Å². The van der Waals surface area contributed by atoms with Crippen LogP contribution in [0.15, 0.2) is 54.6 Å². The van der Waals surface area contributed by atoms with Gasteiger partial charge >= 0.3 is 17.9 Å². The summed E-state index contributed by atoms with van der Waals surface area (Å²) in [4.78, 5) is 161. The van der Waals surface area contributed by atoms with Crippen LogP contribution >= 0.6 is 0 Å². The highest BCUT2D eigenvalue weighted by Gasteiger charge is 2.41. The number of rotatable bonds is 33. The molecule has 0 aromatic heterocycles. The molecule has 1 heterocycles. The van der Waals surface area contributed by atoms with Gasteiger partial charge in [0.25, 0.3) is 0 Å². The first-order chi connectivity index (χ1) is 37.6. The van der Waals surface area contributed by atoms with Gasteiger partial charge in [0.05, 0.1) is 18.6 Å². The van der Waals surface area contributed by atoms with Crippen molar-refractivity contribution >= 4 is 71.1 Å². The quantitative estimate of drug-likeness (QED) is 0.0369. The first kappa shape index (κ1) is 66.1. The van der Waals surface area contributed by atoms with Gasteiger partial charge in [0.15, 0.2) is 6.04 Å². The molecule has 1 aliphatic rings. The van der Waals surface area contributed by atoms with Crippen molar-refractivity contribution in [1.82, 2.24) is 42.1 Å². The Morgan fingerprint density at radius 1 is 0.575 bits per heavy atom. The van der Waals surface area contributed by atoms with Gasteiger partial charge < -0.3 is 79.1 Å². The second-order valence-electron chi connectivity index (χ2n) is 20.6. The van der Waals surface area contributed by atoms with Gasteiger partial charge in [-0.3, -0.25) is 52.7 Å². The van der Waals surface area contributed by atoms with Crippen molar-refractivity contribution in [3.8, 4) is 5.75 Å². The van der Waals surface area contributed by atoms with Crippen molar-refractivity contribution in [1.29, 1.82) is 0 Å². The van der Waals surface area contributed by atoms with Crippen LogP contribution in [-0.4, -0.2) is 169 Å². The Morgan fingerprint density at radius 3 is 1.60 bits per heavy atom. The lowest BCUT2D eigenvalue weighted by atomic mass is 10.0. The third-order valence-corrected chi connectivity index (χ3v) is 12.8. The van der Waals surface area contributed by atoms with E-state index in [-0.39, 0.29) is 69.1 Å². The maximum absolute atomic E-state index is 14.6. The fraction of sp³-hybridized carbons (Fsp3) is 0.547. The van der Waals surface area contributed by atoms with Gasteiger partial charge in [-0.15, -0.1) is 0 Å². The van der Waals surface area contributed by atoms with Crippen molar-refractivity contribution in [2.45, 2.75) is 166 Å². The molecule has 9 amide bonds. The number of nitrogens with one attached hydrogen (secondary N) is 7. The SMILES string of the molecule is CC(C)C[C@H](NC(=O)[C@@H]1CCCN1C(=O)[C@H](Cc1ccccc1)NC(=O)[C@H](CCC(=O)O)NC(=O)[C@H](CC(=O)O)NC(=O)[C@H](Cc1ccc(O)cc1)NC(=O)[C@H](CCC(N)=O)NC(=O)[C@@H](N)CC(C)C)C(=O)N[C@H](C(=O)O)[C@@H](C)O. The number of nitrogens with two attached hydrogens (primary N) is 2. The number of primary amides is 1. The van der Waals surface area contributed by atoms with Crippen molar-refractivity contribution < 1.29 is 83.1 Å². The van der Waals surface area contributed by atoms with Crippen LogP contribution in [-0.2, 0) is 70.4 Å². The smallest absolute Gasteiger partial charge is 0.328 e. The van der Waals surface area contributed by atoms with Gasteiger partial charge in [0.1, 0.15) is 48.0 Å². The number of phenolic OH excluding ortho intramolecular Hbond substituents is 1. The number of carbonyl (C=O) groups is 12. The zero-order valence-corrected chi connectivity index (χ0v) is 45.3. The number of nitrogens with zero attached hydrogens (tertiary/aromatic N) is 1. The fourth-order valence-electron chi connectivity index (χ4n) is 8.70. The molecule has 10 atom stereocenters. The summed E-state index contributed by atoms with van der Waals surface area (Å²) in [5.74, 6) is -13.7. The molecule has 0 aliphatic carbocycles. The summed E-state index contributed by atoms with van der Waals surface area (Å²) in [6.45, 7) is 8.26. The number of hydrogen-bond acceptors (Lipinski definition) is 15. The van der Waals surface area contributed by atoms with Gasteiger partial charge in [0.2, 0.25) is 53.2 Å². The Bertz CT molecular complexity index is 2510. The second-order valence-corrected chi connectivity index (χ2v) is 20.6. The maximum Gasteiger partial charge on any atom is 0.328 e. The predicted octanol–water partition coefficient (Wildman–Crippen LogP) is -1.95. The molecule has 1 saturated heterocycles. The van der Waals surface area contributed by atoms with Gasteiger partial charge in [-0.2, -0.15) is 0 Å². The van der Waals surface area contributed by atoms with Crippen molar-refractivity contribution in [2.24, 2.45) is 23.3 Å². The molecule has 16 N–H and O–H groups in total. The van der Waals surface area contributed by atoms with E-state index in [2.05, 4.69) is 37.2 Å². The van der Waals surface area contributed by atoms with E-state index in [0.717, 1.165) is 6.92 Å². The zero-order chi connectivity index (χ0) is 60.0. The number of likely N-dealkylation sites (tertiary alicyclic amines) is 1. The average Bonchev–Trinajstić information content (AvgIpc) is 3.88. The number of phenols is 1. The van der Waals surface area contributed by atoms with Crippen LogP contribution in [0.5, 0.6) is 5.75 Å². The maximum atomic E-state index is 14.6. The number of aliphatic hydroxyl groups is 1. The third kappa shape index (κ3) is 22.3. The van der Waals surface area contributed by atoms with Crippen molar-refractivity contribution in [3.05, 3.63) is 65.7 Å². The molecule has 27 nitrogen and oxygen atoms in total. The molecule has 2 aromatic carbocycles. The van der Waals surface area contributed by atoms with Gasteiger partial charge in [-0.25, -0.2) is 4.79 Å². The van der Waals surface area contributed by atoms with Gasteiger partial charge in [-0.05, 0) is 80.5 Å². The van der Waals surface area contributed by atoms with E-state index in [4.69, 9.17) is 11.5 Å². The first-order valence-electron chi connectivity index (χ1n) is 26.2. The summed E-state index contributed by atoms with van der Waals surface area (Å²) in [5.41, 5.74) is 12.2. The Hall–Kier alpha value is -8.20. The molecule has 2 aromatic rings. The number of carboxylic acid groups (broad SMARTS) is 3. The van der Waals surface area contributed by atoms with Crippen LogP contribution < -0.4 is 48.7 Å². The normalized spacial score (nSPS) is 16.5. The van der Waals surface area contributed by atoms with Crippen molar-refractivity contribution in [3.63, 3.8) is 0 Å². The molecular formula is C53H76N10O17. The van der Waals surface area contributed by atoms with Crippen LogP contribution in [0.1, 0.15) is 104 Å². The first-order valence-corrected chi connectivity index (χ1v) is 26.2. The Morgan fingerprint density at radius 2 is 1.06 bits per heavy atom. The number of carboxylic acids is 3. The number of hydrogen-bond donors (Lipinski definition) is 14. The minimum Gasteiger partial charge on any atom is -0.508 e. The Kier molecular flexibility index (Phi) is 26.4. The number of amides is 9. The summed E-state index contributed by atoms with van der Waals surface area (Å²) in [6, 6.07) is -0.246. The van der Waals surface area contributed by atoms with Crippen LogP contribution in [0.3, 0.4) is 0 Å². The molecule has 0 spiro atoms. The van der Waals surface area contributed by atoms with E-state index in [0.29, 0.717) is 11.1 Å². The zero-order valence-electron chi connectivity index (χ0n) is 45.3. The number of benzene rings is 2. The van der Waals surface area contributed by atoms with E-state index in [9.17, 15) is 83.1 Å². The number of carbonyl (C=O) groups excluding carboxylic acids is 9. The summed E-state index contributed by atoms with van der Waals surface area (Å²) in [6.07, 6.45) is -4.72. The molecule has 0 bridgehead atoms. The number of aliphatic carboxylic acids is 3. The number of aliphatic hydroxyl groups excluding tert-OH is 1. The number of aromatic hydroxyl groups is 1. The van der Waals surface area contributed by atoms with Crippen LogP contribution in [0.25, 0.3) is 0 Å². The third-order valence-electron chi connectivity index (χ3n) is 12.8. The molecule has 80 heavy (non-hydrogen) atoms. The Labute approximate surface area is 462 Å². The molecule has 1 aliphatic heterocycles. The summed E-state index contributed by atoms with van der Waals surface area (Å²) in [5, 5.41) is 66.0. The van der Waals surface area contributed by atoms with E-state index in [1.54, 1.807) is 44.2 Å². The van der Waals surface area contributed by atoms with E-state index in [1.807, 2.05) is 13.8 Å².